The molecule has 2 atom stereocenters. The number of likely N-dealkylation sites (N-methyl/N-ethyl adjacent to an activating group) is 1. The summed E-state index contributed by atoms with van der Waals surface area (Å²) in [4.78, 5) is 0. The minimum atomic E-state index is -0.795. The van der Waals surface area contributed by atoms with Crippen molar-refractivity contribution in [1.82, 2.24) is 5.32 Å². The summed E-state index contributed by atoms with van der Waals surface area (Å²) in [6.07, 6.45) is -0.221. The molecule has 1 aromatic carbocycles. The maximum absolute atomic E-state index is 13.8. The number of halogens is 2. The van der Waals surface area contributed by atoms with Crippen LogP contribution in [0.15, 0.2) is 12.1 Å². The molecule has 0 aromatic heterocycles. The lowest BCUT2D eigenvalue weighted by Crippen LogP contribution is -2.30. The van der Waals surface area contributed by atoms with Gasteiger partial charge >= 0.3 is 0 Å². The number of nitrogens with one attached hydrogen (secondary N) is 1. The summed E-state index contributed by atoms with van der Waals surface area (Å²) in [6.45, 7) is 5.79. The first-order valence-corrected chi connectivity index (χ1v) is 5.76. The van der Waals surface area contributed by atoms with Crippen molar-refractivity contribution in [2.24, 2.45) is 0 Å². The van der Waals surface area contributed by atoms with E-state index in [1.807, 2.05) is 13.8 Å². The quantitative estimate of drug-likeness (QED) is 0.858. The topological polar surface area (TPSA) is 21.3 Å². The van der Waals surface area contributed by atoms with Gasteiger partial charge in [0.25, 0.3) is 0 Å². The van der Waals surface area contributed by atoms with Gasteiger partial charge in [-0.15, -0.1) is 0 Å². The smallest absolute Gasteiger partial charge is 0.163 e. The molecule has 0 saturated heterocycles. The van der Waals surface area contributed by atoms with E-state index in [1.54, 1.807) is 26.1 Å². The highest BCUT2D eigenvalue weighted by Crippen LogP contribution is 2.25. The minimum Gasteiger partial charge on any atom is -0.377 e. The van der Waals surface area contributed by atoms with Crippen LogP contribution >= 0.6 is 0 Å². The molecule has 0 spiro atoms. The summed E-state index contributed by atoms with van der Waals surface area (Å²) in [5, 5.41) is 2.96. The van der Waals surface area contributed by atoms with E-state index in [0.29, 0.717) is 17.7 Å². The lowest BCUT2D eigenvalue weighted by molar-refractivity contribution is 0.0482. The number of aryl methyl sites for hydroxylation is 1. The Bertz CT molecular complexity index is 382. The third kappa shape index (κ3) is 3.01. The van der Waals surface area contributed by atoms with E-state index in [9.17, 15) is 8.78 Å². The van der Waals surface area contributed by atoms with Crippen molar-refractivity contribution in [2.45, 2.75) is 32.9 Å². The van der Waals surface area contributed by atoms with Crippen molar-refractivity contribution in [3.8, 4) is 0 Å². The predicted molar refractivity (Wildman–Crippen MR) is 64.0 cm³/mol. The zero-order valence-corrected chi connectivity index (χ0v) is 10.7. The van der Waals surface area contributed by atoms with Gasteiger partial charge in [0.2, 0.25) is 0 Å². The molecule has 0 aliphatic rings. The average Bonchev–Trinajstić information content (AvgIpc) is 2.30. The van der Waals surface area contributed by atoms with Crippen LogP contribution in [0, 0.1) is 18.6 Å². The van der Waals surface area contributed by atoms with Crippen LogP contribution in [0.3, 0.4) is 0 Å². The molecule has 0 aliphatic carbocycles. The van der Waals surface area contributed by atoms with Gasteiger partial charge in [0.05, 0.1) is 12.1 Å². The molecular formula is C13H19F2NO. The van der Waals surface area contributed by atoms with Crippen LogP contribution in [0.5, 0.6) is 0 Å². The second kappa shape index (κ2) is 6.07. The van der Waals surface area contributed by atoms with E-state index >= 15 is 0 Å². The number of benzene rings is 1. The normalized spacial score (nSPS) is 14.7. The first-order valence-electron chi connectivity index (χ1n) is 5.76. The second-order valence-corrected chi connectivity index (χ2v) is 4.03. The van der Waals surface area contributed by atoms with Crippen LogP contribution in [-0.2, 0) is 4.74 Å². The average molecular weight is 243 g/mol. The van der Waals surface area contributed by atoms with Gasteiger partial charge in [-0.3, -0.25) is 0 Å². The van der Waals surface area contributed by atoms with Crippen molar-refractivity contribution >= 4 is 0 Å². The molecule has 2 nitrogen and oxygen atoms in total. The van der Waals surface area contributed by atoms with Gasteiger partial charge in [-0.05, 0) is 33.4 Å². The number of hydrogen-bond donors (Lipinski definition) is 1. The van der Waals surface area contributed by atoms with Gasteiger partial charge in [0.1, 0.15) is 0 Å². The van der Waals surface area contributed by atoms with E-state index in [4.69, 9.17) is 4.74 Å². The molecule has 1 rings (SSSR count). The maximum Gasteiger partial charge on any atom is 0.163 e. The molecule has 1 aromatic rings. The summed E-state index contributed by atoms with van der Waals surface area (Å²) < 4.78 is 32.7. The lowest BCUT2D eigenvalue weighted by atomic mass is 10.00. The minimum absolute atomic E-state index is 0.221. The highest BCUT2D eigenvalue weighted by atomic mass is 19.2. The fourth-order valence-corrected chi connectivity index (χ4v) is 1.90. The zero-order valence-electron chi connectivity index (χ0n) is 10.7. The van der Waals surface area contributed by atoms with Gasteiger partial charge in [-0.2, -0.15) is 0 Å². The molecule has 2 unspecified atom stereocenters. The third-order valence-corrected chi connectivity index (χ3v) is 2.85. The first-order chi connectivity index (χ1) is 8.02. The van der Waals surface area contributed by atoms with Gasteiger partial charge in [0.15, 0.2) is 11.6 Å². The molecule has 4 heteroatoms. The van der Waals surface area contributed by atoms with E-state index in [-0.39, 0.29) is 12.1 Å². The van der Waals surface area contributed by atoms with E-state index in [2.05, 4.69) is 5.32 Å². The molecule has 96 valence electrons. The molecule has 0 bridgehead atoms. The predicted octanol–water partition coefficient (Wildman–Crippen LogP) is 2.96. The summed E-state index contributed by atoms with van der Waals surface area (Å²) in [5.41, 5.74) is 0.613. The van der Waals surface area contributed by atoms with Crippen molar-refractivity contribution in [3.63, 3.8) is 0 Å². The Morgan fingerprint density at radius 1 is 1.29 bits per heavy atom. The zero-order chi connectivity index (χ0) is 13.0. The summed E-state index contributed by atoms with van der Waals surface area (Å²) in [5.74, 6) is -1.58. The van der Waals surface area contributed by atoms with Crippen LogP contribution in [0.4, 0.5) is 8.78 Å². The molecule has 0 heterocycles. The standard InChI is InChI=1S/C13H19F2NO/c1-5-17-9(3)13(16-4)10-7-6-8(2)11(14)12(10)15/h6-7,9,13,16H,5H2,1-4H3. The lowest BCUT2D eigenvalue weighted by Gasteiger charge is -2.24. The molecule has 0 fully saturated rings. The largest absolute Gasteiger partial charge is 0.377 e. The van der Waals surface area contributed by atoms with Gasteiger partial charge in [0, 0.05) is 12.2 Å². The highest BCUT2D eigenvalue weighted by Gasteiger charge is 2.23. The first kappa shape index (κ1) is 14.1. The maximum atomic E-state index is 13.8. The molecule has 0 radical (unpaired) electrons. The fraction of sp³-hybridized carbons (Fsp3) is 0.538. The Morgan fingerprint density at radius 3 is 2.47 bits per heavy atom. The fourth-order valence-electron chi connectivity index (χ4n) is 1.90. The summed E-state index contributed by atoms with van der Waals surface area (Å²) in [7, 11) is 1.71. The Morgan fingerprint density at radius 2 is 1.94 bits per heavy atom. The molecular weight excluding hydrogens is 224 g/mol. The molecule has 0 aliphatic heterocycles. The van der Waals surface area contributed by atoms with Crippen molar-refractivity contribution in [1.29, 1.82) is 0 Å². The van der Waals surface area contributed by atoms with E-state index < -0.39 is 11.6 Å². The van der Waals surface area contributed by atoms with Crippen molar-refractivity contribution in [2.75, 3.05) is 13.7 Å². The van der Waals surface area contributed by atoms with E-state index in [1.165, 1.54) is 0 Å². The summed E-state index contributed by atoms with van der Waals surface area (Å²) >= 11 is 0. The molecule has 17 heavy (non-hydrogen) atoms. The third-order valence-electron chi connectivity index (χ3n) is 2.85. The SMILES string of the molecule is CCOC(C)C(NC)c1ccc(C)c(F)c1F. The molecule has 0 amide bonds. The summed E-state index contributed by atoms with van der Waals surface area (Å²) in [6, 6.07) is 2.83. The number of rotatable bonds is 5. The van der Waals surface area contributed by atoms with E-state index in [0.717, 1.165) is 0 Å². The Labute approximate surface area is 101 Å². The number of ether oxygens (including phenoxy) is 1. The highest BCUT2D eigenvalue weighted by molar-refractivity contribution is 5.28. The van der Waals surface area contributed by atoms with Crippen LogP contribution < -0.4 is 5.32 Å². The molecule has 1 N–H and O–H groups in total. The van der Waals surface area contributed by atoms with Gasteiger partial charge in [-0.1, -0.05) is 12.1 Å². The molecule has 0 saturated carbocycles. The van der Waals surface area contributed by atoms with Crippen LogP contribution in [0.1, 0.15) is 31.0 Å². The van der Waals surface area contributed by atoms with Gasteiger partial charge in [-0.25, -0.2) is 8.78 Å². The Kier molecular flexibility index (Phi) is 5.02. The van der Waals surface area contributed by atoms with Crippen molar-refractivity contribution < 1.29 is 13.5 Å². The van der Waals surface area contributed by atoms with Crippen LogP contribution in [0.25, 0.3) is 0 Å². The van der Waals surface area contributed by atoms with Crippen molar-refractivity contribution in [3.05, 3.63) is 34.9 Å². The Balaban J connectivity index is 3.08. The van der Waals surface area contributed by atoms with Crippen LogP contribution in [0.2, 0.25) is 0 Å². The van der Waals surface area contributed by atoms with Gasteiger partial charge < -0.3 is 10.1 Å². The van der Waals surface area contributed by atoms with Crippen LogP contribution in [-0.4, -0.2) is 19.8 Å². The monoisotopic (exact) mass is 243 g/mol. The number of hydrogen-bond acceptors (Lipinski definition) is 2. The second-order valence-electron chi connectivity index (χ2n) is 4.03. The Hall–Kier alpha value is -1.00.